The Labute approximate surface area is 95.7 Å². The Balaban J connectivity index is 1.98. The Morgan fingerprint density at radius 1 is 1.62 bits per heavy atom. The van der Waals surface area contributed by atoms with Gasteiger partial charge < -0.3 is 10.1 Å². The first-order valence-electron chi connectivity index (χ1n) is 6.08. The lowest BCUT2D eigenvalue weighted by Crippen LogP contribution is -2.30. The van der Waals surface area contributed by atoms with Crippen LogP contribution < -0.4 is 5.32 Å². The summed E-state index contributed by atoms with van der Waals surface area (Å²) in [5.41, 5.74) is 0.0455. The number of hydrogen-bond acceptors (Lipinski definition) is 3. The lowest BCUT2D eigenvalue weighted by molar-refractivity contribution is -0.145. The first-order valence-corrected chi connectivity index (χ1v) is 6.08. The summed E-state index contributed by atoms with van der Waals surface area (Å²) < 4.78 is 4.99. The van der Waals surface area contributed by atoms with E-state index in [1.807, 2.05) is 6.92 Å². The van der Waals surface area contributed by atoms with Gasteiger partial charge in [-0.05, 0) is 31.1 Å². The molecule has 2 unspecified atom stereocenters. The van der Waals surface area contributed by atoms with E-state index < -0.39 is 0 Å². The highest BCUT2D eigenvalue weighted by Crippen LogP contribution is 2.49. The minimum Gasteiger partial charge on any atom is -0.466 e. The van der Waals surface area contributed by atoms with Crippen molar-refractivity contribution in [2.24, 2.45) is 11.3 Å². The fourth-order valence-electron chi connectivity index (χ4n) is 3.14. The van der Waals surface area contributed by atoms with Crippen molar-refractivity contribution in [1.82, 2.24) is 5.32 Å². The quantitative estimate of drug-likeness (QED) is 0.735. The molecule has 4 nitrogen and oxygen atoms in total. The average molecular weight is 225 g/mol. The molecule has 2 atom stereocenters. The Hall–Kier alpha value is -1.06. The van der Waals surface area contributed by atoms with E-state index in [4.69, 9.17) is 4.74 Å². The van der Waals surface area contributed by atoms with Crippen LogP contribution in [0.2, 0.25) is 0 Å². The molecule has 2 aliphatic rings. The molecule has 2 rings (SSSR count). The maximum Gasteiger partial charge on any atom is 0.306 e. The van der Waals surface area contributed by atoms with E-state index in [0.29, 0.717) is 25.4 Å². The van der Waals surface area contributed by atoms with Crippen LogP contribution in [0.3, 0.4) is 0 Å². The zero-order valence-electron chi connectivity index (χ0n) is 9.75. The van der Waals surface area contributed by atoms with Crippen LogP contribution in [0.1, 0.15) is 39.0 Å². The molecule has 1 aliphatic heterocycles. The van der Waals surface area contributed by atoms with Crippen LogP contribution in [0.15, 0.2) is 0 Å². The summed E-state index contributed by atoms with van der Waals surface area (Å²) in [5.74, 6) is 0.342. The van der Waals surface area contributed by atoms with E-state index >= 15 is 0 Å². The molecule has 1 amide bonds. The fourth-order valence-corrected chi connectivity index (χ4v) is 3.14. The molecule has 2 fully saturated rings. The number of carbonyl (C=O) groups is 2. The maximum absolute atomic E-state index is 11.5. The highest BCUT2D eigenvalue weighted by atomic mass is 16.5. The normalized spacial score (nSPS) is 33.1. The molecule has 0 bridgehead atoms. The van der Waals surface area contributed by atoms with Crippen molar-refractivity contribution in [1.29, 1.82) is 0 Å². The van der Waals surface area contributed by atoms with Crippen LogP contribution >= 0.6 is 0 Å². The van der Waals surface area contributed by atoms with Gasteiger partial charge in [-0.1, -0.05) is 6.42 Å². The van der Waals surface area contributed by atoms with E-state index in [2.05, 4.69) is 5.32 Å². The van der Waals surface area contributed by atoms with Gasteiger partial charge >= 0.3 is 5.97 Å². The Kier molecular flexibility index (Phi) is 3.17. The van der Waals surface area contributed by atoms with E-state index in [1.165, 1.54) is 0 Å². The number of hydrogen-bond donors (Lipinski definition) is 1. The maximum atomic E-state index is 11.5. The van der Waals surface area contributed by atoms with Crippen molar-refractivity contribution in [2.75, 3.05) is 13.2 Å². The smallest absolute Gasteiger partial charge is 0.306 e. The van der Waals surface area contributed by atoms with Crippen LogP contribution in [-0.2, 0) is 14.3 Å². The minimum absolute atomic E-state index is 0.0455. The summed E-state index contributed by atoms with van der Waals surface area (Å²) >= 11 is 0. The number of esters is 1. The van der Waals surface area contributed by atoms with E-state index in [1.54, 1.807) is 0 Å². The molecule has 4 heteroatoms. The highest BCUT2D eigenvalue weighted by molar-refractivity contribution is 5.79. The molecular formula is C12H19NO3. The number of ether oxygens (including phenoxy) is 1. The molecule has 1 spiro atoms. The van der Waals surface area contributed by atoms with Crippen molar-refractivity contribution in [2.45, 2.75) is 39.0 Å². The van der Waals surface area contributed by atoms with E-state index in [9.17, 15) is 9.59 Å². The van der Waals surface area contributed by atoms with Gasteiger partial charge in [-0.3, -0.25) is 9.59 Å². The van der Waals surface area contributed by atoms with Crippen LogP contribution in [0.4, 0.5) is 0 Å². The summed E-state index contributed by atoms with van der Waals surface area (Å²) in [6.45, 7) is 3.01. The molecular weight excluding hydrogens is 206 g/mol. The second kappa shape index (κ2) is 4.44. The van der Waals surface area contributed by atoms with Gasteiger partial charge in [0.1, 0.15) is 0 Å². The molecule has 1 saturated carbocycles. The first kappa shape index (κ1) is 11.4. The third-order valence-corrected chi connectivity index (χ3v) is 3.96. The Morgan fingerprint density at radius 3 is 3.06 bits per heavy atom. The number of rotatable bonds is 3. The van der Waals surface area contributed by atoms with Gasteiger partial charge in [-0.15, -0.1) is 0 Å². The third kappa shape index (κ3) is 2.06. The topological polar surface area (TPSA) is 55.4 Å². The van der Waals surface area contributed by atoms with Crippen LogP contribution in [-0.4, -0.2) is 25.0 Å². The van der Waals surface area contributed by atoms with Gasteiger partial charge in [0.25, 0.3) is 0 Å². The summed E-state index contributed by atoms with van der Waals surface area (Å²) in [7, 11) is 0. The summed E-state index contributed by atoms with van der Waals surface area (Å²) in [6, 6.07) is 0. The van der Waals surface area contributed by atoms with Crippen molar-refractivity contribution < 1.29 is 14.3 Å². The van der Waals surface area contributed by atoms with Crippen molar-refractivity contribution in [3.63, 3.8) is 0 Å². The predicted octanol–water partition coefficient (Wildman–Crippen LogP) is 1.25. The number of amides is 1. The predicted molar refractivity (Wildman–Crippen MR) is 58.7 cm³/mol. The van der Waals surface area contributed by atoms with Gasteiger partial charge in [-0.25, -0.2) is 0 Å². The Bertz CT molecular complexity index is 303. The molecule has 0 aromatic carbocycles. The summed E-state index contributed by atoms with van der Waals surface area (Å²) in [6.07, 6.45) is 4.31. The van der Waals surface area contributed by atoms with E-state index in [0.717, 1.165) is 25.8 Å². The monoisotopic (exact) mass is 225 g/mol. The summed E-state index contributed by atoms with van der Waals surface area (Å²) in [4.78, 5) is 22.8. The molecule has 1 heterocycles. The zero-order valence-corrected chi connectivity index (χ0v) is 9.75. The van der Waals surface area contributed by atoms with Crippen LogP contribution in [0.5, 0.6) is 0 Å². The lowest BCUT2D eigenvalue weighted by atomic mass is 9.75. The van der Waals surface area contributed by atoms with Gasteiger partial charge in [0, 0.05) is 19.4 Å². The number of nitrogens with one attached hydrogen (secondary N) is 1. The highest BCUT2D eigenvalue weighted by Gasteiger charge is 2.48. The zero-order chi connectivity index (χ0) is 11.6. The Morgan fingerprint density at radius 2 is 2.44 bits per heavy atom. The van der Waals surface area contributed by atoms with Crippen LogP contribution in [0.25, 0.3) is 0 Å². The minimum atomic E-state index is -0.117. The SMILES string of the molecule is CCOC(=O)CC1CCCC12CNC(=O)C2. The average Bonchev–Trinajstić information content (AvgIpc) is 2.77. The molecule has 1 aliphatic carbocycles. The third-order valence-electron chi connectivity index (χ3n) is 3.96. The van der Waals surface area contributed by atoms with Gasteiger partial charge in [0.2, 0.25) is 5.91 Å². The fraction of sp³-hybridized carbons (Fsp3) is 0.833. The molecule has 0 aromatic heterocycles. The van der Waals surface area contributed by atoms with Crippen molar-refractivity contribution in [3.8, 4) is 0 Å². The first-order chi connectivity index (χ1) is 7.66. The standard InChI is InChI=1S/C12H19NO3/c1-2-16-11(15)6-9-4-3-5-12(9)7-10(14)13-8-12/h9H,2-8H2,1H3,(H,13,14). The van der Waals surface area contributed by atoms with Crippen molar-refractivity contribution in [3.05, 3.63) is 0 Å². The van der Waals surface area contributed by atoms with Gasteiger partial charge in [-0.2, -0.15) is 0 Å². The summed E-state index contributed by atoms with van der Waals surface area (Å²) in [5, 5.41) is 2.90. The largest absolute Gasteiger partial charge is 0.466 e. The molecule has 0 radical (unpaired) electrons. The lowest BCUT2D eigenvalue weighted by Gasteiger charge is -2.28. The molecule has 0 aromatic rings. The number of carbonyl (C=O) groups excluding carboxylic acids is 2. The van der Waals surface area contributed by atoms with Crippen molar-refractivity contribution >= 4 is 11.9 Å². The molecule has 16 heavy (non-hydrogen) atoms. The molecule has 90 valence electrons. The van der Waals surface area contributed by atoms with Gasteiger partial charge in [0.15, 0.2) is 0 Å². The molecule has 1 N–H and O–H groups in total. The second-order valence-electron chi connectivity index (χ2n) is 4.91. The molecule has 1 saturated heterocycles. The second-order valence-corrected chi connectivity index (χ2v) is 4.91. The van der Waals surface area contributed by atoms with E-state index in [-0.39, 0.29) is 17.3 Å². The van der Waals surface area contributed by atoms with Gasteiger partial charge in [0.05, 0.1) is 6.61 Å². The van der Waals surface area contributed by atoms with Crippen LogP contribution in [0, 0.1) is 11.3 Å².